The lowest BCUT2D eigenvalue weighted by Gasteiger charge is -2.12. The van der Waals surface area contributed by atoms with Crippen LogP contribution in [0.25, 0.3) is 0 Å². The van der Waals surface area contributed by atoms with Crippen LogP contribution in [0.2, 0.25) is 0 Å². The van der Waals surface area contributed by atoms with Crippen molar-refractivity contribution in [3.8, 4) is 11.5 Å². The van der Waals surface area contributed by atoms with Crippen LogP contribution in [-0.4, -0.2) is 41.6 Å². The van der Waals surface area contributed by atoms with Crippen molar-refractivity contribution in [2.45, 2.75) is 0 Å². The van der Waals surface area contributed by atoms with E-state index in [9.17, 15) is 4.79 Å². The minimum Gasteiger partial charge on any atom is -0.497 e. The normalized spacial score (nSPS) is 10.2. The molecule has 10 heteroatoms. The average Bonchev–Trinajstić information content (AvgIpc) is 2.89. The quantitative estimate of drug-likeness (QED) is 0.266. The Labute approximate surface area is 202 Å². The van der Waals surface area contributed by atoms with Crippen molar-refractivity contribution in [1.82, 2.24) is 15.0 Å². The number of rotatable bonds is 10. The Morgan fingerprint density at radius 2 is 1.14 bits per heavy atom. The van der Waals surface area contributed by atoms with Gasteiger partial charge in [-0.3, -0.25) is 4.79 Å². The van der Waals surface area contributed by atoms with Crippen LogP contribution >= 0.6 is 0 Å². The number of hydrogen-bond donors (Lipinski definition) is 4. The molecule has 0 aliphatic heterocycles. The number of nitrogens with one attached hydrogen (secondary N) is 4. The predicted octanol–water partition coefficient (Wildman–Crippen LogP) is 4.43. The first-order valence-corrected chi connectivity index (χ1v) is 10.8. The summed E-state index contributed by atoms with van der Waals surface area (Å²) in [7, 11) is 3.22. The Morgan fingerprint density at radius 3 is 1.63 bits per heavy atom. The number of hydrogen-bond acceptors (Lipinski definition) is 9. The van der Waals surface area contributed by atoms with Crippen molar-refractivity contribution >= 4 is 40.8 Å². The summed E-state index contributed by atoms with van der Waals surface area (Å²) in [5.74, 6) is 2.07. The highest BCUT2D eigenvalue weighted by Gasteiger charge is 2.10. The van der Waals surface area contributed by atoms with Crippen molar-refractivity contribution in [2.75, 3.05) is 42.0 Å². The fourth-order valence-corrected chi connectivity index (χ4v) is 3.06. The number of para-hydroxylation sites is 1. The zero-order valence-electron chi connectivity index (χ0n) is 19.3. The lowest BCUT2D eigenvalue weighted by molar-refractivity contribution is -0.114. The lowest BCUT2D eigenvalue weighted by Crippen LogP contribution is -2.23. The maximum absolute atomic E-state index is 12.4. The van der Waals surface area contributed by atoms with E-state index < -0.39 is 0 Å². The number of anilines is 6. The highest BCUT2D eigenvalue weighted by molar-refractivity contribution is 5.93. The SMILES string of the molecule is COc1ccc(Nc2nc(NCC(=O)Nc3ccccc3)nc(Nc3ccc(OC)cc3)n2)cc1. The number of amides is 1. The summed E-state index contributed by atoms with van der Waals surface area (Å²) in [4.78, 5) is 25.6. The van der Waals surface area contributed by atoms with Crippen LogP contribution in [-0.2, 0) is 4.79 Å². The van der Waals surface area contributed by atoms with Gasteiger partial charge in [0.2, 0.25) is 23.8 Å². The minimum atomic E-state index is -0.231. The molecule has 0 saturated carbocycles. The topological polar surface area (TPSA) is 122 Å². The van der Waals surface area contributed by atoms with E-state index in [0.717, 1.165) is 22.9 Å². The second-order valence-corrected chi connectivity index (χ2v) is 7.28. The Morgan fingerprint density at radius 1 is 0.657 bits per heavy atom. The first-order chi connectivity index (χ1) is 17.1. The van der Waals surface area contributed by atoms with Gasteiger partial charge in [0.25, 0.3) is 0 Å². The Balaban J connectivity index is 1.51. The van der Waals surface area contributed by atoms with Crippen molar-refractivity contribution in [1.29, 1.82) is 0 Å². The van der Waals surface area contributed by atoms with Crippen LogP contribution in [0.4, 0.5) is 34.9 Å². The fraction of sp³-hybridized carbons (Fsp3) is 0.120. The van der Waals surface area contributed by atoms with Gasteiger partial charge < -0.3 is 30.7 Å². The molecule has 0 fully saturated rings. The third-order valence-electron chi connectivity index (χ3n) is 4.79. The third-order valence-corrected chi connectivity index (χ3v) is 4.79. The molecular formula is C25H25N7O3. The molecule has 0 aliphatic carbocycles. The molecule has 0 radical (unpaired) electrons. The van der Waals surface area contributed by atoms with Gasteiger partial charge >= 0.3 is 0 Å². The van der Waals surface area contributed by atoms with Crippen LogP contribution in [0.3, 0.4) is 0 Å². The highest BCUT2D eigenvalue weighted by atomic mass is 16.5. The van der Waals surface area contributed by atoms with Gasteiger partial charge in [-0.15, -0.1) is 0 Å². The highest BCUT2D eigenvalue weighted by Crippen LogP contribution is 2.22. The standard InChI is InChI=1S/C25H25N7O3/c1-34-20-12-8-18(9-13-20)28-24-30-23(26-16-22(33)27-17-6-4-3-5-7-17)31-25(32-24)29-19-10-14-21(35-2)15-11-19/h3-15H,16H2,1-2H3,(H,27,33)(H3,26,28,29,30,31,32). The summed E-state index contributed by atoms with van der Waals surface area (Å²) >= 11 is 0. The molecule has 178 valence electrons. The van der Waals surface area contributed by atoms with Gasteiger partial charge in [-0.2, -0.15) is 15.0 Å². The number of methoxy groups -OCH3 is 2. The van der Waals surface area contributed by atoms with Crippen LogP contribution in [0.15, 0.2) is 78.9 Å². The molecule has 1 heterocycles. The Hall–Kier alpha value is -4.86. The predicted molar refractivity (Wildman–Crippen MR) is 136 cm³/mol. The van der Waals surface area contributed by atoms with Gasteiger partial charge in [0, 0.05) is 17.1 Å². The molecule has 3 aromatic carbocycles. The molecule has 0 atom stereocenters. The van der Waals surface area contributed by atoms with E-state index in [-0.39, 0.29) is 18.4 Å². The molecular weight excluding hydrogens is 446 g/mol. The molecule has 1 amide bonds. The number of aromatic nitrogens is 3. The van der Waals surface area contributed by atoms with Crippen LogP contribution in [0.1, 0.15) is 0 Å². The number of ether oxygens (including phenoxy) is 2. The van der Waals surface area contributed by atoms with E-state index in [2.05, 4.69) is 36.2 Å². The summed E-state index contributed by atoms with van der Waals surface area (Å²) < 4.78 is 10.4. The van der Waals surface area contributed by atoms with Gasteiger partial charge in [-0.05, 0) is 60.7 Å². The summed E-state index contributed by atoms with van der Waals surface area (Å²) in [6, 6.07) is 23.9. The smallest absolute Gasteiger partial charge is 0.243 e. The first-order valence-electron chi connectivity index (χ1n) is 10.8. The van der Waals surface area contributed by atoms with Gasteiger partial charge in [0.1, 0.15) is 11.5 Å². The molecule has 0 spiro atoms. The molecule has 1 aromatic heterocycles. The zero-order chi connectivity index (χ0) is 24.5. The third kappa shape index (κ3) is 6.81. The number of carbonyl (C=O) groups excluding carboxylic acids is 1. The fourth-order valence-electron chi connectivity index (χ4n) is 3.06. The maximum Gasteiger partial charge on any atom is 0.243 e. The van der Waals surface area contributed by atoms with E-state index in [4.69, 9.17) is 9.47 Å². The number of nitrogens with zero attached hydrogens (tertiary/aromatic N) is 3. The van der Waals surface area contributed by atoms with Crippen molar-refractivity contribution in [3.05, 3.63) is 78.9 Å². The summed E-state index contributed by atoms with van der Waals surface area (Å²) in [5.41, 5.74) is 2.24. The molecule has 10 nitrogen and oxygen atoms in total. The van der Waals surface area contributed by atoms with Crippen LogP contribution in [0, 0.1) is 0 Å². The van der Waals surface area contributed by atoms with Gasteiger partial charge in [0.05, 0.1) is 20.8 Å². The molecule has 4 aromatic rings. The van der Waals surface area contributed by atoms with Crippen LogP contribution in [0.5, 0.6) is 11.5 Å². The van der Waals surface area contributed by atoms with Crippen molar-refractivity contribution < 1.29 is 14.3 Å². The Kier molecular flexibility index (Phi) is 7.54. The summed E-state index contributed by atoms with van der Waals surface area (Å²) in [6.07, 6.45) is 0. The molecule has 0 saturated heterocycles. The second kappa shape index (κ2) is 11.3. The Bertz CT molecular complexity index is 1180. The van der Waals surface area contributed by atoms with Crippen molar-refractivity contribution in [3.63, 3.8) is 0 Å². The molecule has 4 rings (SSSR count). The van der Waals surface area contributed by atoms with Gasteiger partial charge in [-0.25, -0.2) is 0 Å². The summed E-state index contributed by atoms with van der Waals surface area (Å²) in [5, 5.41) is 12.1. The molecule has 35 heavy (non-hydrogen) atoms. The number of carbonyl (C=O) groups is 1. The molecule has 0 bridgehead atoms. The molecule has 0 aliphatic rings. The van der Waals surface area contributed by atoms with E-state index in [1.165, 1.54) is 0 Å². The lowest BCUT2D eigenvalue weighted by atomic mass is 10.3. The zero-order valence-corrected chi connectivity index (χ0v) is 19.3. The first kappa shape index (κ1) is 23.3. The van der Waals surface area contributed by atoms with Crippen LogP contribution < -0.4 is 30.7 Å². The number of benzene rings is 3. The minimum absolute atomic E-state index is 0.0249. The van der Waals surface area contributed by atoms with E-state index in [1.807, 2.05) is 78.9 Å². The van der Waals surface area contributed by atoms with Crippen molar-refractivity contribution in [2.24, 2.45) is 0 Å². The summed E-state index contributed by atoms with van der Waals surface area (Å²) in [6.45, 7) is -0.0249. The van der Waals surface area contributed by atoms with E-state index in [1.54, 1.807) is 14.2 Å². The maximum atomic E-state index is 12.4. The largest absolute Gasteiger partial charge is 0.497 e. The van der Waals surface area contributed by atoms with E-state index >= 15 is 0 Å². The average molecular weight is 472 g/mol. The van der Waals surface area contributed by atoms with E-state index in [0.29, 0.717) is 17.6 Å². The second-order valence-electron chi connectivity index (χ2n) is 7.28. The van der Waals surface area contributed by atoms with Gasteiger partial charge in [0.15, 0.2) is 0 Å². The monoisotopic (exact) mass is 471 g/mol. The van der Waals surface area contributed by atoms with Gasteiger partial charge in [-0.1, -0.05) is 18.2 Å². The molecule has 0 unspecified atom stereocenters. The molecule has 4 N–H and O–H groups in total.